The Hall–Kier alpha value is -3.63. The summed E-state index contributed by atoms with van der Waals surface area (Å²) in [7, 11) is 1.39. The maximum Gasteiger partial charge on any atom is 0.417 e. The number of aliphatic hydroxyl groups excluding tert-OH is 1. The molecule has 0 spiro atoms. The third kappa shape index (κ3) is 8.09. The van der Waals surface area contributed by atoms with Gasteiger partial charge in [-0.15, -0.1) is 5.10 Å². The van der Waals surface area contributed by atoms with Gasteiger partial charge in [0.05, 0.1) is 29.8 Å². The lowest BCUT2D eigenvalue weighted by Gasteiger charge is -2.38. The first-order valence-corrected chi connectivity index (χ1v) is 15.2. The Kier molecular flexibility index (Phi) is 9.68. The molecule has 258 valence electrons. The predicted molar refractivity (Wildman–Crippen MR) is 152 cm³/mol. The van der Waals surface area contributed by atoms with Gasteiger partial charge in [-0.2, -0.15) is 44.3 Å². The van der Waals surface area contributed by atoms with Crippen molar-refractivity contribution in [3.05, 3.63) is 58.3 Å². The molecule has 2 aliphatic rings. The van der Waals surface area contributed by atoms with Crippen molar-refractivity contribution >= 4 is 11.8 Å². The van der Waals surface area contributed by atoms with E-state index < -0.39 is 60.0 Å². The fraction of sp³-hybridized carbons (Fsp3) is 0.600. The van der Waals surface area contributed by atoms with Crippen LogP contribution in [-0.2, 0) is 38.7 Å². The minimum absolute atomic E-state index is 0.00539. The lowest BCUT2D eigenvalue weighted by atomic mass is 9.76. The Bertz CT molecular complexity index is 1500. The van der Waals surface area contributed by atoms with Crippen molar-refractivity contribution in [3.8, 4) is 0 Å². The average Bonchev–Trinajstić information content (AvgIpc) is 3.65. The number of pyridine rings is 1. The van der Waals surface area contributed by atoms with E-state index in [0.29, 0.717) is 18.7 Å². The van der Waals surface area contributed by atoms with Crippen LogP contribution in [0.2, 0.25) is 0 Å². The van der Waals surface area contributed by atoms with Crippen LogP contribution in [0.3, 0.4) is 0 Å². The minimum atomic E-state index is -5.09. The van der Waals surface area contributed by atoms with Crippen LogP contribution in [0.4, 0.5) is 51.3 Å². The third-order valence-electron chi connectivity index (χ3n) is 9.05. The van der Waals surface area contributed by atoms with Gasteiger partial charge in [0.15, 0.2) is 0 Å². The summed E-state index contributed by atoms with van der Waals surface area (Å²) in [5, 5.41) is 21.7. The van der Waals surface area contributed by atoms with Crippen LogP contribution in [0.25, 0.3) is 0 Å². The van der Waals surface area contributed by atoms with E-state index in [4.69, 9.17) is 0 Å². The topological polar surface area (TPSA) is 83.2 Å². The highest BCUT2D eigenvalue weighted by atomic mass is 19.4. The summed E-state index contributed by atoms with van der Waals surface area (Å²) in [5.41, 5.74) is -4.47. The van der Waals surface area contributed by atoms with Crippen LogP contribution in [0.1, 0.15) is 73.3 Å². The van der Waals surface area contributed by atoms with Gasteiger partial charge in [0, 0.05) is 37.4 Å². The molecule has 0 amide bonds. The van der Waals surface area contributed by atoms with Crippen molar-refractivity contribution in [1.29, 1.82) is 0 Å². The largest absolute Gasteiger partial charge is 0.417 e. The number of tetrazole rings is 1. The molecule has 8 nitrogen and oxygen atoms in total. The minimum Gasteiger partial charge on any atom is -0.393 e. The normalized spacial score (nSPS) is 21.7. The van der Waals surface area contributed by atoms with Gasteiger partial charge < -0.3 is 14.9 Å². The van der Waals surface area contributed by atoms with Gasteiger partial charge in [-0.3, -0.25) is 0 Å². The Morgan fingerprint density at radius 1 is 0.851 bits per heavy atom. The monoisotopic (exact) mass is 679 g/mol. The van der Waals surface area contributed by atoms with Crippen molar-refractivity contribution in [1.82, 2.24) is 25.2 Å². The van der Waals surface area contributed by atoms with Crippen LogP contribution < -0.4 is 9.80 Å². The van der Waals surface area contributed by atoms with E-state index in [2.05, 4.69) is 20.4 Å². The first-order valence-electron chi connectivity index (χ1n) is 15.2. The number of halogens is 9. The summed E-state index contributed by atoms with van der Waals surface area (Å²) in [6.07, 6.45) is -9.90. The van der Waals surface area contributed by atoms with Gasteiger partial charge in [0.1, 0.15) is 5.82 Å². The number of nitrogens with zero attached hydrogens (tertiary/aromatic N) is 7. The zero-order valence-electron chi connectivity index (χ0n) is 25.5. The molecule has 1 aliphatic carbocycles. The van der Waals surface area contributed by atoms with E-state index >= 15 is 0 Å². The lowest BCUT2D eigenvalue weighted by Crippen LogP contribution is -2.40. The van der Waals surface area contributed by atoms with Gasteiger partial charge in [0.2, 0.25) is 0 Å². The van der Waals surface area contributed by atoms with E-state index in [1.807, 2.05) is 4.90 Å². The molecule has 0 bridgehead atoms. The second-order valence-electron chi connectivity index (χ2n) is 12.4. The van der Waals surface area contributed by atoms with Crippen molar-refractivity contribution in [2.45, 2.75) is 89.2 Å². The van der Waals surface area contributed by atoms with E-state index in [9.17, 15) is 44.6 Å². The molecule has 1 saturated carbocycles. The molecule has 2 aromatic heterocycles. The highest BCUT2D eigenvalue weighted by molar-refractivity contribution is 5.52. The SMILES string of the molecule is CC(O)[C@H]1CC[C@H]([C@H]2CCCN2c2ncc(C(F)(F)F)cc2CN(Cc2cc(C(F)(F)F)cc(C(F)(F)F)c2)c2nnn(C)n2)CC1. The second kappa shape index (κ2) is 13.1. The van der Waals surface area contributed by atoms with Gasteiger partial charge in [0.25, 0.3) is 5.95 Å². The number of alkyl halides is 9. The zero-order valence-corrected chi connectivity index (χ0v) is 25.5. The summed E-state index contributed by atoms with van der Waals surface area (Å²) < 4.78 is 124. The smallest absolute Gasteiger partial charge is 0.393 e. The van der Waals surface area contributed by atoms with Crippen molar-refractivity contribution in [3.63, 3.8) is 0 Å². The van der Waals surface area contributed by atoms with Crippen molar-refractivity contribution in [2.24, 2.45) is 18.9 Å². The molecule has 0 radical (unpaired) electrons. The van der Waals surface area contributed by atoms with Crippen LogP contribution >= 0.6 is 0 Å². The molecule has 2 fully saturated rings. The first-order chi connectivity index (χ1) is 21.9. The van der Waals surface area contributed by atoms with E-state index in [0.717, 1.165) is 55.6 Å². The number of rotatable bonds is 8. The molecule has 5 rings (SSSR count). The standard InChI is InChI=1S/C30H34F9N7O/c1-17(47)19-5-7-20(8-6-19)25-4-3-9-46(25)26-21(12-24(14-40-26)30(37,38)39)16-45(27-41-43-44(2)42-27)15-18-10-22(28(31,32)33)13-23(11-18)29(34,35)36/h10-14,17,19-20,25,47H,3-9,15-16H2,1-2H3/t17?,19-,20-,25-/m1/s1. The molecule has 1 aliphatic heterocycles. The van der Waals surface area contributed by atoms with E-state index in [1.165, 1.54) is 11.9 Å². The number of aryl methyl sites for hydroxylation is 1. The Morgan fingerprint density at radius 2 is 1.47 bits per heavy atom. The van der Waals surface area contributed by atoms with Gasteiger partial charge in [-0.25, -0.2) is 4.98 Å². The molecule has 2 atom stereocenters. The fourth-order valence-electron chi connectivity index (χ4n) is 6.73. The van der Waals surface area contributed by atoms with Crippen LogP contribution in [0.15, 0.2) is 30.5 Å². The molecule has 1 saturated heterocycles. The lowest BCUT2D eigenvalue weighted by molar-refractivity contribution is -0.143. The summed E-state index contributed by atoms with van der Waals surface area (Å²) in [6, 6.07) is 1.98. The van der Waals surface area contributed by atoms with Crippen molar-refractivity contribution < 1.29 is 44.6 Å². The maximum absolute atomic E-state index is 13.9. The van der Waals surface area contributed by atoms with E-state index in [-0.39, 0.29) is 41.3 Å². The number of hydrogen-bond donors (Lipinski definition) is 1. The first kappa shape index (κ1) is 34.7. The van der Waals surface area contributed by atoms with Gasteiger partial charge in [-0.1, -0.05) is 5.10 Å². The summed E-state index contributed by atoms with van der Waals surface area (Å²) in [6.45, 7) is 1.22. The third-order valence-corrected chi connectivity index (χ3v) is 9.05. The number of benzene rings is 1. The highest BCUT2D eigenvalue weighted by Gasteiger charge is 2.40. The number of hydrogen-bond acceptors (Lipinski definition) is 7. The van der Waals surface area contributed by atoms with Crippen LogP contribution in [-0.4, -0.2) is 49.0 Å². The van der Waals surface area contributed by atoms with Crippen LogP contribution in [0.5, 0.6) is 0 Å². The van der Waals surface area contributed by atoms with Gasteiger partial charge in [-0.05, 0) is 92.3 Å². The number of anilines is 2. The molecular formula is C30H34F9N7O. The molecule has 1 unspecified atom stereocenters. The maximum atomic E-state index is 13.9. The Balaban J connectivity index is 1.53. The summed E-state index contributed by atoms with van der Waals surface area (Å²) in [5.74, 6) is 0.402. The zero-order chi connectivity index (χ0) is 34.3. The van der Waals surface area contributed by atoms with Crippen molar-refractivity contribution in [2.75, 3.05) is 16.3 Å². The Labute approximate surface area is 264 Å². The predicted octanol–water partition coefficient (Wildman–Crippen LogP) is 7.02. The molecule has 3 heterocycles. The molecule has 1 aromatic carbocycles. The van der Waals surface area contributed by atoms with E-state index in [1.54, 1.807) is 6.92 Å². The molecule has 1 N–H and O–H groups in total. The average molecular weight is 680 g/mol. The molecule has 47 heavy (non-hydrogen) atoms. The quantitative estimate of drug-likeness (QED) is 0.256. The molecule has 17 heteroatoms. The summed E-state index contributed by atoms with van der Waals surface area (Å²) in [4.78, 5) is 8.40. The summed E-state index contributed by atoms with van der Waals surface area (Å²) >= 11 is 0. The fourth-order valence-corrected chi connectivity index (χ4v) is 6.73. The Morgan fingerprint density at radius 3 is 2.00 bits per heavy atom. The van der Waals surface area contributed by atoms with Gasteiger partial charge >= 0.3 is 18.5 Å². The van der Waals surface area contributed by atoms with Crippen LogP contribution in [0, 0.1) is 11.8 Å². The molecular weight excluding hydrogens is 645 g/mol. The highest BCUT2D eigenvalue weighted by Crippen LogP contribution is 2.42. The number of aromatic nitrogens is 5. The molecule has 3 aromatic rings. The second-order valence-corrected chi connectivity index (χ2v) is 12.4. The number of aliphatic hydroxyl groups is 1.